The minimum atomic E-state index is -0.625. The molecule has 0 unspecified atom stereocenters. The number of nitrogens with one attached hydrogen (secondary N) is 2. The van der Waals surface area contributed by atoms with Crippen LogP contribution >= 0.6 is 0 Å². The van der Waals surface area contributed by atoms with Gasteiger partial charge in [0.1, 0.15) is 0 Å². The summed E-state index contributed by atoms with van der Waals surface area (Å²) in [6.07, 6.45) is 2.91. The first-order chi connectivity index (χ1) is 7.58. The first kappa shape index (κ1) is 15.4. The molecule has 0 aromatic carbocycles. The highest BCUT2D eigenvalue weighted by Gasteiger charge is 2.20. The highest BCUT2D eigenvalue weighted by atomic mass is 16.3. The molecule has 3 N–H and O–H groups in total. The fourth-order valence-electron chi connectivity index (χ4n) is 1.38. The molecule has 0 aliphatic heterocycles. The Kier molecular flexibility index (Phi) is 8.21. The fourth-order valence-corrected chi connectivity index (χ4v) is 1.38. The van der Waals surface area contributed by atoms with E-state index in [9.17, 15) is 9.90 Å². The highest BCUT2D eigenvalue weighted by Crippen LogP contribution is 2.12. The van der Waals surface area contributed by atoms with Crippen molar-refractivity contribution in [3.8, 4) is 0 Å². The zero-order chi connectivity index (χ0) is 12.4. The Hall–Kier alpha value is -0.610. The standard InChI is InChI=1S/C12H26N2O2/c1-4-8-14-11(15)7-9-13-10-12(16,5-2)6-3/h13,16H,4-10H2,1-3H3,(H,14,15). The van der Waals surface area contributed by atoms with E-state index in [0.717, 1.165) is 25.8 Å². The van der Waals surface area contributed by atoms with Gasteiger partial charge in [0.15, 0.2) is 0 Å². The molecule has 0 aliphatic carbocycles. The van der Waals surface area contributed by atoms with Crippen LogP contribution < -0.4 is 10.6 Å². The molecule has 0 bridgehead atoms. The first-order valence-corrected chi connectivity index (χ1v) is 6.27. The summed E-state index contributed by atoms with van der Waals surface area (Å²) in [5, 5.41) is 15.9. The van der Waals surface area contributed by atoms with Gasteiger partial charge in [-0.2, -0.15) is 0 Å². The topological polar surface area (TPSA) is 61.4 Å². The summed E-state index contributed by atoms with van der Waals surface area (Å²) >= 11 is 0. The summed E-state index contributed by atoms with van der Waals surface area (Å²) in [6, 6.07) is 0. The quantitative estimate of drug-likeness (QED) is 0.519. The van der Waals surface area contributed by atoms with E-state index in [4.69, 9.17) is 0 Å². The Balaban J connectivity index is 3.55. The Morgan fingerprint density at radius 1 is 1.19 bits per heavy atom. The molecule has 0 radical (unpaired) electrons. The molecule has 0 rings (SSSR count). The Labute approximate surface area is 98.8 Å². The van der Waals surface area contributed by atoms with Gasteiger partial charge in [-0.1, -0.05) is 20.8 Å². The van der Waals surface area contributed by atoms with Gasteiger partial charge in [-0.3, -0.25) is 4.79 Å². The number of carbonyl (C=O) groups is 1. The van der Waals surface area contributed by atoms with Crippen molar-refractivity contribution in [2.75, 3.05) is 19.6 Å². The van der Waals surface area contributed by atoms with Crippen LogP contribution in [0.3, 0.4) is 0 Å². The molecule has 0 aromatic rings. The summed E-state index contributed by atoms with van der Waals surface area (Å²) in [7, 11) is 0. The van der Waals surface area contributed by atoms with Crippen molar-refractivity contribution in [3.63, 3.8) is 0 Å². The monoisotopic (exact) mass is 230 g/mol. The lowest BCUT2D eigenvalue weighted by molar-refractivity contribution is -0.121. The lowest BCUT2D eigenvalue weighted by Crippen LogP contribution is -2.40. The Morgan fingerprint density at radius 2 is 1.81 bits per heavy atom. The van der Waals surface area contributed by atoms with Gasteiger partial charge in [0.05, 0.1) is 5.60 Å². The van der Waals surface area contributed by atoms with Crippen molar-refractivity contribution in [2.45, 2.75) is 52.1 Å². The Bertz CT molecular complexity index is 191. The molecule has 0 aliphatic rings. The lowest BCUT2D eigenvalue weighted by atomic mass is 9.98. The number of aliphatic hydroxyl groups is 1. The summed E-state index contributed by atoms with van der Waals surface area (Å²) in [4.78, 5) is 11.3. The van der Waals surface area contributed by atoms with Gasteiger partial charge in [0.25, 0.3) is 0 Å². The van der Waals surface area contributed by atoms with Crippen molar-refractivity contribution in [1.29, 1.82) is 0 Å². The summed E-state index contributed by atoms with van der Waals surface area (Å²) in [6.45, 7) is 7.89. The summed E-state index contributed by atoms with van der Waals surface area (Å²) in [5.41, 5.74) is -0.625. The summed E-state index contributed by atoms with van der Waals surface area (Å²) < 4.78 is 0. The molecule has 16 heavy (non-hydrogen) atoms. The lowest BCUT2D eigenvalue weighted by Gasteiger charge is -2.25. The van der Waals surface area contributed by atoms with Crippen LogP contribution in [0.25, 0.3) is 0 Å². The van der Waals surface area contributed by atoms with Crippen LogP contribution in [0.1, 0.15) is 46.5 Å². The van der Waals surface area contributed by atoms with Crippen LogP contribution in [-0.2, 0) is 4.79 Å². The van der Waals surface area contributed by atoms with Gasteiger partial charge in [-0.15, -0.1) is 0 Å². The van der Waals surface area contributed by atoms with E-state index in [1.165, 1.54) is 0 Å². The van der Waals surface area contributed by atoms with Crippen molar-refractivity contribution in [3.05, 3.63) is 0 Å². The average Bonchev–Trinajstić information content (AvgIpc) is 2.31. The van der Waals surface area contributed by atoms with Crippen LogP contribution in [0, 0.1) is 0 Å². The maximum absolute atomic E-state index is 11.3. The second kappa shape index (κ2) is 8.53. The Morgan fingerprint density at radius 3 is 2.31 bits per heavy atom. The molecular formula is C12H26N2O2. The van der Waals surface area contributed by atoms with Gasteiger partial charge >= 0.3 is 0 Å². The molecule has 0 aromatic heterocycles. The maximum atomic E-state index is 11.3. The minimum Gasteiger partial charge on any atom is -0.389 e. The molecule has 96 valence electrons. The maximum Gasteiger partial charge on any atom is 0.221 e. The zero-order valence-corrected chi connectivity index (χ0v) is 10.8. The number of rotatable bonds is 9. The smallest absolute Gasteiger partial charge is 0.221 e. The summed E-state index contributed by atoms with van der Waals surface area (Å²) in [5.74, 6) is 0.0749. The third-order valence-electron chi connectivity index (χ3n) is 2.87. The molecule has 0 heterocycles. The van der Waals surface area contributed by atoms with E-state index in [0.29, 0.717) is 19.5 Å². The normalized spacial score (nSPS) is 11.5. The van der Waals surface area contributed by atoms with Crippen LogP contribution in [0.15, 0.2) is 0 Å². The van der Waals surface area contributed by atoms with Crippen LogP contribution in [-0.4, -0.2) is 36.2 Å². The van der Waals surface area contributed by atoms with Crippen LogP contribution in [0.4, 0.5) is 0 Å². The molecule has 1 amide bonds. The molecule has 0 spiro atoms. The van der Waals surface area contributed by atoms with E-state index in [-0.39, 0.29) is 5.91 Å². The number of hydrogen-bond acceptors (Lipinski definition) is 3. The van der Waals surface area contributed by atoms with Gasteiger partial charge < -0.3 is 15.7 Å². The number of amides is 1. The molecule has 0 fully saturated rings. The van der Waals surface area contributed by atoms with Crippen molar-refractivity contribution < 1.29 is 9.90 Å². The third kappa shape index (κ3) is 6.80. The van der Waals surface area contributed by atoms with Gasteiger partial charge in [-0.05, 0) is 19.3 Å². The van der Waals surface area contributed by atoms with Gasteiger partial charge in [0, 0.05) is 26.1 Å². The molecular weight excluding hydrogens is 204 g/mol. The van der Waals surface area contributed by atoms with Crippen molar-refractivity contribution >= 4 is 5.91 Å². The molecule has 0 saturated carbocycles. The predicted molar refractivity (Wildman–Crippen MR) is 66.3 cm³/mol. The van der Waals surface area contributed by atoms with Gasteiger partial charge in [0.2, 0.25) is 5.91 Å². The van der Waals surface area contributed by atoms with E-state index >= 15 is 0 Å². The van der Waals surface area contributed by atoms with Crippen LogP contribution in [0.5, 0.6) is 0 Å². The highest BCUT2D eigenvalue weighted by molar-refractivity contribution is 5.75. The van der Waals surface area contributed by atoms with Crippen molar-refractivity contribution in [1.82, 2.24) is 10.6 Å². The SMILES string of the molecule is CCCNC(=O)CCNCC(O)(CC)CC. The third-order valence-corrected chi connectivity index (χ3v) is 2.87. The van der Waals surface area contributed by atoms with Crippen molar-refractivity contribution in [2.24, 2.45) is 0 Å². The zero-order valence-electron chi connectivity index (χ0n) is 10.8. The van der Waals surface area contributed by atoms with E-state index in [2.05, 4.69) is 10.6 Å². The molecule has 0 atom stereocenters. The van der Waals surface area contributed by atoms with E-state index < -0.39 is 5.60 Å². The molecule has 4 heteroatoms. The van der Waals surface area contributed by atoms with Gasteiger partial charge in [-0.25, -0.2) is 0 Å². The number of hydrogen-bond donors (Lipinski definition) is 3. The predicted octanol–water partition coefficient (Wildman–Crippen LogP) is 1.04. The van der Waals surface area contributed by atoms with Crippen LogP contribution in [0.2, 0.25) is 0 Å². The average molecular weight is 230 g/mol. The van der Waals surface area contributed by atoms with E-state index in [1.807, 2.05) is 20.8 Å². The molecule has 4 nitrogen and oxygen atoms in total. The fraction of sp³-hybridized carbons (Fsp3) is 0.917. The van der Waals surface area contributed by atoms with E-state index in [1.54, 1.807) is 0 Å². The second-order valence-corrected chi connectivity index (χ2v) is 4.21. The second-order valence-electron chi connectivity index (χ2n) is 4.21. The number of carbonyl (C=O) groups excluding carboxylic acids is 1. The molecule has 0 saturated heterocycles. The largest absolute Gasteiger partial charge is 0.389 e. The first-order valence-electron chi connectivity index (χ1n) is 6.27. The minimum absolute atomic E-state index is 0.0749.